The number of nitrogens with zero attached hydrogens (tertiary/aromatic N) is 1. The van der Waals surface area contributed by atoms with Crippen molar-refractivity contribution >= 4 is 33.2 Å². The molecule has 0 atom stereocenters. The molecule has 1 amide bonds. The van der Waals surface area contributed by atoms with Gasteiger partial charge in [0.1, 0.15) is 4.90 Å². The van der Waals surface area contributed by atoms with E-state index >= 15 is 0 Å². The van der Waals surface area contributed by atoms with Crippen molar-refractivity contribution in [2.45, 2.75) is 50.0 Å². The molecule has 0 radical (unpaired) electrons. The summed E-state index contributed by atoms with van der Waals surface area (Å²) < 4.78 is 28.4. The highest BCUT2D eigenvalue weighted by atomic mass is 35.5. The van der Waals surface area contributed by atoms with Crippen LogP contribution in [0.15, 0.2) is 47.4 Å². The van der Waals surface area contributed by atoms with Gasteiger partial charge in [0.05, 0.1) is 10.7 Å². The molecule has 7 heteroatoms. The first-order valence-electron chi connectivity index (χ1n) is 9.45. The van der Waals surface area contributed by atoms with E-state index in [-0.39, 0.29) is 21.9 Å². The number of para-hydroxylation sites is 1. The summed E-state index contributed by atoms with van der Waals surface area (Å²) in [7, 11) is -2.14. The first-order chi connectivity index (χ1) is 13.3. The van der Waals surface area contributed by atoms with Crippen LogP contribution in [0.1, 0.15) is 48.0 Å². The lowest BCUT2D eigenvalue weighted by molar-refractivity contribution is 0.0696. The van der Waals surface area contributed by atoms with Crippen LogP contribution in [0.3, 0.4) is 0 Å². The number of nitrogens with one attached hydrogen (secondary N) is 1. The molecular formula is C21H25ClN2O3S. The Morgan fingerprint density at radius 2 is 1.79 bits per heavy atom. The largest absolute Gasteiger partial charge is 0.339 e. The number of hydrogen-bond acceptors (Lipinski definition) is 3. The Labute approximate surface area is 171 Å². The van der Waals surface area contributed by atoms with Crippen molar-refractivity contribution in [1.82, 2.24) is 4.90 Å². The van der Waals surface area contributed by atoms with Gasteiger partial charge in [0.25, 0.3) is 15.9 Å². The summed E-state index contributed by atoms with van der Waals surface area (Å²) in [5, 5.41) is 0.0814. The van der Waals surface area contributed by atoms with Crippen LogP contribution in [0.25, 0.3) is 0 Å². The molecule has 5 nitrogen and oxygen atoms in total. The zero-order valence-corrected chi connectivity index (χ0v) is 17.7. The van der Waals surface area contributed by atoms with E-state index in [1.165, 1.54) is 18.6 Å². The summed E-state index contributed by atoms with van der Waals surface area (Å²) in [6, 6.07) is 11.7. The zero-order valence-electron chi connectivity index (χ0n) is 16.1. The van der Waals surface area contributed by atoms with E-state index in [0.717, 1.165) is 31.2 Å². The van der Waals surface area contributed by atoms with Gasteiger partial charge in [0, 0.05) is 18.7 Å². The highest BCUT2D eigenvalue weighted by Crippen LogP contribution is 2.28. The van der Waals surface area contributed by atoms with Crippen molar-refractivity contribution in [2.24, 2.45) is 0 Å². The van der Waals surface area contributed by atoms with Gasteiger partial charge in [-0.2, -0.15) is 0 Å². The molecule has 2 aromatic rings. The van der Waals surface area contributed by atoms with Gasteiger partial charge in [-0.25, -0.2) is 8.42 Å². The second-order valence-corrected chi connectivity index (χ2v) is 9.33. The first kappa shape index (κ1) is 20.7. The van der Waals surface area contributed by atoms with Crippen molar-refractivity contribution < 1.29 is 13.2 Å². The van der Waals surface area contributed by atoms with Crippen molar-refractivity contribution in [3.8, 4) is 0 Å². The molecule has 0 heterocycles. The molecule has 0 spiro atoms. The molecule has 3 rings (SSSR count). The fourth-order valence-electron chi connectivity index (χ4n) is 3.57. The van der Waals surface area contributed by atoms with Crippen LogP contribution in [-0.2, 0) is 10.0 Å². The molecule has 0 unspecified atom stereocenters. The lowest BCUT2D eigenvalue weighted by Crippen LogP contribution is -2.38. The number of carbonyl (C=O) groups excluding carboxylic acids is 1. The summed E-state index contributed by atoms with van der Waals surface area (Å²) >= 11 is 6.18. The average Bonchev–Trinajstić information content (AvgIpc) is 2.69. The SMILES string of the molecule is Cc1ccccc1NS(=O)(=O)c1cc(C(=O)N(C)C2CCCCC2)ccc1Cl. The number of hydrogen-bond donors (Lipinski definition) is 1. The molecule has 150 valence electrons. The van der Waals surface area contributed by atoms with Gasteiger partial charge < -0.3 is 4.90 Å². The predicted octanol–water partition coefficient (Wildman–Crippen LogP) is 4.85. The number of rotatable bonds is 5. The minimum absolute atomic E-state index is 0.0814. The molecule has 1 fully saturated rings. The average molecular weight is 421 g/mol. The highest BCUT2D eigenvalue weighted by molar-refractivity contribution is 7.92. The van der Waals surface area contributed by atoms with Crippen molar-refractivity contribution in [2.75, 3.05) is 11.8 Å². The Kier molecular flexibility index (Phi) is 6.30. The number of benzene rings is 2. The quantitative estimate of drug-likeness (QED) is 0.751. The van der Waals surface area contributed by atoms with Crippen molar-refractivity contribution in [1.29, 1.82) is 0 Å². The number of carbonyl (C=O) groups is 1. The van der Waals surface area contributed by atoms with Crippen molar-refractivity contribution in [3.05, 3.63) is 58.6 Å². The standard InChI is InChI=1S/C21H25ClN2O3S/c1-15-8-6-7-11-19(15)23-28(26,27)20-14-16(12-13-18(20)22)21(25)24(2)17-9-4-3-5-10-17/h6-8,11-14,17,23H,3-5,9-10H2,1-2H3. The molecule has 0 bridgehead atoms. The summed E-state index contributed by atoms with van der Waals surface area (Å²) in [4.78, 5) is 14.5. The predicted molar refractivity (Wildman–Crippen MR) is 112 cm³/mol. The van der Waals surface area contributed by atoms with E-state index in [1.54, 1.807) is 30.1 Å². The molecule has 1 N–H and O–H groups in total. The Morgan fingerprint density at radius 3 is 2.46 bits per heavy atom. The Bertz CT molecular complexity index is 969. The van der Waals surface area contributed by atoms with Gasteiger partial charge in [-0.15, -0.1) is 0 Å². The van der Waals surface area contributed by atoms with Gasteiger partial charge in [-0.3, -0.25) is 9.52 Å². The van der Waals surface area contributed by atoms with Gasteiger partial charge in [0.15, 0.2) is 0 Å². The molecule has 28 heavy (non-hydrogen) atoms. The maximum Gasteiger partial charge on any atom is 0.263 e. The third-order valence-electron chi connectivity index (χ3n) is 5.30. The second-order valence-electron chi connectivity index (χ2n) is 7.27. The second kappa shape index (κ2) is 8.53. The fraction of sp³-hybridized carbons (Fsp3) is 0.381. The number of halogens is 1. The minimum Gasteiger partial charge on any atom is -0.339 e. The van der Waals surface area contributed by atoms with Crippen LogP contribution >= 0.6 is 11.6 Å². The monoisotopic (exact) mass is 420 g/mol. The van der Waals surface area contributed by atoms with E-state index in [1.807, 2.05) is 19.1 Å². The lowest BCUT2D eigenvalue weighted by Gasteiger charge is -2.31. The lowest BCUT2D eigenvalue weighted by atomic mass is 9.94. The smallest absolute Gasteiger partial charge is 0.263 e. The van der Waals surface area contributed by atoms with E-state index in [2.05, 4.69) is 4.72 Å². The molecule has 0 aromatic heterocycles. The van der Waals surface area contributed by atoms with Gasteiger partial charge in [-0.1, -0.05) is 49.1 Å². The molecular weight excluding hydrogens is 396 g/mol. The molecule has 0 aliphatic heterocycles. The minimum atomic E-state index is -3.93. The van der Waals surface area contributed by atoms with Crippen LogP contribution in [-0.4, -0.2) is 32.3 Å². The normalized spacial score (nSPS) is 15.2. The summed E-state index contributed by atoms with van der Waals surface area (Å²) in [5.41, 5.74) is 1.60. The van der Waals surface area contributed by atoms with Gasteiger partial charge in [-0.05, 0) is 49.6 Å². The van der Waals surface area contributed by atoms with Crippen LogP contribution in [0.5, 0.6) is 0 Å². The third-order valence-corrected chi connectivity index (χ3v) is 7.15. The zero-order chi connectivity index (χ0) is 20.3. The fourth-order valence-corrected chi connectivity index (χ4v) is 5.22. The topological polar surface area (TPSA) is 66.5 Å². The molecule has 2 aromatic carbocycles. The summed E-state index contributed by atoms with van der Waals surface area (Å²) in [5.74, 6) is -0.184. The number of amides is 1. The van der Waals surface area contributed by atoms with E-state index < -0.39 is 10.0 Å². The van der Waals surface area contributed by atoms with Crippen LogP contribution < -0.4 is 4.72 Å². The van der Waals surface area contributed by atoms with E-state index in [9.17, 15) is 13.2 Å². The highest BCUT2D eigenvalue weighted by Gasteiger charge is 2.25. The van der Waals surface area contributed by atoms with E-state index in [0.29, 0.717) is 11.3 Å². The van der Waals surface area contributed by atoms with Crippen LogP contribution in [0, 0.1) is 6.92 Å². The molecule has 1 saturated carbocycles. The van der Waals surface area contributed by atoms with Crippen LogP contribution in [0.4, 0.5) is 5.69 Å². The molecule has 0 saturated heterocycles. The third kappa shape index (κ3) is 4.50. The van der Waals surface area contributed by atoms with Gasteiger partial charge >= 0.3 is 0 Å². The summed E-state index contributed by atoms with van der Waals surface area (Å²) in [6.45, 7) is 1.82. The Morgan fingerprint density at radius 1 is 1.11 bits per heavy atom. The number of aryl methyl sites for hydroxylation is 1. The van der Waals surface area contributed by atoms with Gasteiger partial charge in [0.2, 0.25) is 0 Å². The molecule has 1 aliphatic carbocycles. The number of anilines is 1. The Balaban J connectivity index is 1.88. The van der Waals surface area contributed by atoms with Crippen LogP contribution in [0.2, 0.25) is 5.02 Å². The molecule has 1 aliphatic rings. The number of sulfonamides is 1. The maximum absolute atomic E-state index is 12.9. The van der Waals surface area contributed by atoms with Crippen molar-refractivity contribution in [3.63, 3.8) is 0 Å². The Hall–Kier alpha value is -2.05. The summed E-state index contributed by atoms with van der Waals surface area (Å²) in [6.07, 6.45) is 5.39. The maximum atomic E-state index is 12.9. The first-order valence-corrected chi connectivity index (χ1v) is 11.3. The van der Waals surface area contributed by atoms with E-state index in [4.69, 9.17) is 11.6 Å².